The first-order valence-corrected chi connectivity index (χ1v) is 13.3. The fourth-order valence-electron chi connectivity index (χ4n) is 0.920. The van der Waals surface area contributed by atoms with Gasteiger partial charge in [-0.2, -0.15) is 0 Å². The van der Waals surface area contributed by atoms with E-state index in [0.29, 0.717) is 0 Å². The Morgan fingerprint density at radius 1 is 0.700 bits per heavy atom. The molecular weight excluding hydrogens is 365 g/mol. The maximum absolute atomic E-state index is 2.23. The minimum Gasteiger partial charge on any atom is -0.223 e. The van der Waals surface area contributed by atoms with Crippen molar-refractivity contribution in [3.8, 4) is 0 Å². The third kappa shape index (κ3) is 11.1. The minimum absolute atomic E-state index is 1.19. The Bertz CT molecular complexity index is 290. The molecule has 0 aliphatic carbocycles. The van der Waals surface area contributed by atoms with Crippen LogP contribution in [0.15, 0.2) is 0 Å². The average molecular weight is 391 g/mol. The molecule has 0 amide bonds. The Morgan fingerprint density at radius 2 is 1.05 bits per heavy atom. The molecule has 0 bridgehead atoms. The molecule has 0 aliphatic heterocycles. The molecule has 0 fully saturated rings. The molecule has 0 radical (unpaired) electrons. The lowest BCUT2D eigenvalue weighted by Crippen LogP contribution is -2.05. The van der Waals surface area contributed by atoms with Crippen LogP contribution in [0.4, 0.5) is 0 Å². The van der Waals surface area contributed by atoms with Crippen LogP contribution in [0.3, 0.4) is 0 Å². The van der Waals surface area contributed by atoms with Crippen LogP contribution in [0, 0.1) is 0 Å². The second kappa shape index (κ2) is 14.1. The Morgan fingerprint density at radius 3 is 1.30 bits per heavy atom. The van der Waals surface area contributed by atoms with E-state index in [2.05, 4.69) is 51.2 Å². The number of rotatable bonds is 7. The summed E-state index contributed by atoms with van der Waals surface area (Å²) in [6.45, 7) is 4.46. The first-order valence-electron chi connectivity index (χ1n) is 6.54. The molecule has 0 unspecified atom stereocenters. The monoisotopic (exact) mass is 390 g/mol. The van der Waals surface area contributed by atoms with Crippen molar-refractivity contribution in [2.45, 2.75) is 26.7 Å². The van der Waals surface area contributed by atoms with Gasteiger partial charge in [-0.1, -0.05) is 13.8 Å². The number of hydrogen-bond acceptors (Lipinski definition) is 6. The normalized spacial score (nSPS) is 10.5. The zero-order valence-corrected chi connectivity index (χ0v) is 18.1. The van der Waals surface area contributed by atoms with Gasteiger partial charge in [0.25, 0.3) is 8.75 Å². The van der Waals surface area contributed by atoms with E-state index in [1.165, 1.54) is 33.1 Å². The molecule has 8 heteroatoms. The molecule has 0 heterocycles. The van der Waals surface area contributed by atoms with Gasteiger partial charge in [0.1, 0.15) is 28.2 Å². The van der Waals surface area contributed by atoms with Crippen LogP contribution in [0.2, 0.25) is 0 Å². The first kappa shape index (κ1) is 21.4. The SMILES string of the molecule is CCCSC(SSSSC(SCCC)=[N+](C)C)=[N+](C)C. The van der Waals surface area contributed by atoms with Crippen LogP contribution in [-0.2, 0) is 0 Å². The van der Waals surface area contributed by atoms with E-state index >= 15 is 0 Å². The number of thioether (sulfide) groups is 2. The van der Waals surface area contributed by atoms with Crippen molar-refractivity contribution in [3.05, 3.63) is 0 Å². The minimum atomic E-state index is 1.19. The van der Waals surface area contributed by atoms with Gasteiger partial charge >= 0.3 is 0 Å². The molecule has 20 heavy (non-hydrogen) atoms. The summed E-state index contributed by atoms with van der Waals surface area (Å²) in [5.74, 6) is 2.39. The van der Waals surface area contributed by atoms with Crippen molar-refractivity contribution in [1.82, 2.24) is 0 Å². The Kier molecular flexibility index (Phi) is 15.1. The predicted octanol–water partition coefficient (Wildman–Crippen LogP) is 5.21. The van der Waals surface area contributed by atoms with E-state index in [1.807, 2.05) is 64.8 Å². The third-order valence-corrected chi connectivity index (χ3v) is 12.1. The molecule has 0 aliphatic rings. The van der Waals surface area contributed by atoms with Crippen LogP contribution in [0.1, 0.15) is 26.7 Å². The lowest BCUT2D eigenvalue weighted by molar-refractivity contribution is -0.458. The second-order valence-electron chi connectivity index (χ2n) is 4.32. The van der Waals surface area contributed by atoms with E-state index < -0.39 is 0 Å². The Hall–Kier alpha value is 1.44. The van der Waals surface area contributed by atoms with E-state index in [4.69, 9.17) is 0 Å². The molecule has 0 spiro atoms. The second-order valence-corrected chi connectivity index (χ2v) is 12.6. The van der Waals surface area contributed by atoms with Crippen molar-refractivity contribution in [3.63, 3.8) is 0 Å². The van der Waals surface area contributed by atoms with Gasteiger partial charge in [0.15, 0.2) is 0 Å². The number of nitrogens with zero attached hydrogens (tertiary/aromatic N) is 2. The maximum atomic E-state index is 2.23. The summed E-state index contributed by atoms with van der Waals surface area (Å²) in [6, 6.07) is 0. The Labute approximate surface area is 148 Å². The molecule has 0 N–H and O–H groups in total. The largest absolute Gasteiger partial charge is 0.281 e. The molecule has 118 valence electrons. The molecule has 0 saturated carbocycles. The highest BCUT2D eigenvalue weighted by Gasteiger charge is 2.14. The van der Waals surface area contributed by atoms with E-state index in [1.54, 1.807) is 0 Å². The predicted molar refractivity (Wildman–Crippen MR) is 110 cm³/mol. The molecule has 2 nitrogen and oxygen atoms in total. The lowest BCUT2D eigenvalue weighted by atomic mass is 10.6. The quantitative estimate of drug-likeness (QED) is 0.192. The molecule has 0 aromatic rings. The topological polar surface area (TPSA) is 6.02 Å². The molecular formula is C12H26N2S6+2. The zero-order chi connectivity index (χ0) is 15.4. The standard InChI is InChI=1S/C12H26N2S6/c1-7-9-15-11(13(3)4)17-19-20-18-12(14(5)6)16-10-8-2/h7-10H2,1-6H3/q+2. The summed E-state index contributed by atoms with van der Waals surface area (Å²) in [6.07, 6.45) is 2.45. The molecule has 0 aromatic heterocycles. The van der Waals surface area contributed by atoms with Crippen LogP contribution >= 0.6 is 64.8 Å². The summed E-state index contributed by atoms with van der Waals surface area (Å²) in [5, 5.41) is 0. The first-order chi connectivity index (χ1) is 9.52. The van der Waals surface area contributed by atoms with Gasteiger partial charge in [0, 0.05) is 33.1 Å². The van der Waals surface area contributed by atoms with Crippen molar-refractivity contribution < 1.29 is 9.15 Å². The van der Waals surface area contributed by atoms with Gasteiger partial charge in [0.05, 0.1) is 0 Å². The highest BCUT2D eigenvalue weighted by atomic mass is 33.7. The third-order valence-electron chi connectivity index (χ3n) is 1.83. The van der Waals surface area contributed by atoms with Crippen LogP contribution < -0.4 is 0 Å². The van der Waals surface area contributed by atoms with Crippen LogP contribution in [0.25, 0.3) is 0 Å². The van der Waals surface area contributed by atoms with Crippen molar-refractivity contribution >= 4 is 73.5 Å². The smallest absolute Gasteiger partial charge is 0.223 e. The Balaban J connectivity index is 4.09. The van der Waals surface area contributed by atoms with Gasteiger partial charge in [-0.15, -0.1) is 0 Å². The van der Waals surface area contributed by atoms with Crippen LogP contribution in [-0.4, -0.2) is 57.6 Å². The van der Waals surface area contributed by atoms with Gasteiger partial charge in [-0.25, -0.2) is 9.15 Å². The lowest BCUT2D eigenvalue weighted by Gasteiger charge is -2.02. The number of hydrogen-bond donors (Lipinski definition) is 0. The highest BCUT2D eigenvalue weighted by molar-refractivity contribution is 9.30. The summed E-state index contributed by atoms with van der Waals surface area (Å²) >= 11 is 3.90. The van der Waals surface area contributed by atoms with Gasteiger partial charge in [0.2, 0.25) is 0 Å². The molecule has 0 rings (SSSR count). The summed E-state index contributed by atoms with van der Waals surface area (Å²) < 4.78 is 7.20. The van der Waals surface area contributed by atoms with Gasteiger partial charge in [-0.05, 0) is 56.0 Å². The fourth-order valence-corrected chi connectivity index (χ4v) is 10.4. The van der Waals surface area contributed by atoms with E-state index in [-0.39, 0.29) is 0 Å². The van der Waals surface area contributed by atoms with Gasteiger partial charge in [-0.3, -0.25) is 0 Å². The summed E-state index contributed by atoms with van der Waals surface area (Å²) in [7, 11) is 15.9. The summed E-state index contributed by atoms with van der Waals surface area (Å²) in [4.78, 5) is 0. The molecule has 0 saturated heterocycles. The van der Waals surface area contributed by atoms with E-state index in [0.717, 1.165) is 0 Å². The molecule has 0 atom stereocenters. The van der Waals surface area contributed by atoms with E-state index in [9.17, 15) is 0 Å². The van der Waals surface area contributed by atoms with Crippen LogP contribution in [0.5, 0.6) is 0 Å². The zero-order valence-electron chi connectivity index (χ0n) is 13.2. The fraction of sp³-hybridized carbons (Fsp3) is 0.833. The van der Waals surface area contributed by atoms with Crippen molar-refractivity contribution in [1.29, 1.82) is 0 Å². The average Bonchev–Trinajstić information content (AvgIpc) is 2.40. The van der Waals surface area contributed by atoms with Gasteiger partial charge < -0.3 is 0 Å². The van der Waals surface area contributed by atoms with Crippen molar-refractivity contribution in [2.75, 3.05) is 39.7 Å². The maximum Gasteiger partial charge on any atom is 0.281 e. The summed E-state index contributed by atoms with van der Waals surface area (Å²) in [5.41, 5.74) is 0. The molecule has 0 aromatic carbocycles. The highest BCUT2D eigenvalue weighted by Crippen LogP contribution is 2.46. The van der Waals surface area contributed by atoms with Crippen molar-refractivity contribution in [2.24, 2.45) is 0 Å².